The van der Waals surface area contributed by atoms with E-state index in [-0.39, 0.29) is 11.6 Å². The van der Waals surface area contributed by atoms with Crippen LogP contribution in [0.1, 0.15) is 16.1 Å². The fourth-order valence-corrected chi connectivity index (χ4v) is 2.55. The van der Waals surface area contributed by atoms with Crippen LogP contribution in [0.25, 0.3) is 5.69 Å². The van der Waals surface area contributed by atoms with Gasteiger partial charge in [-0.3, -0.25) is 4.79 Å². The van der Waals surface area contributed by atoms with Gasteiger partial charge in [-0.2, -0.15) is 5.10 Å². The topological polar surface area (TPSA) is 56.2 Å². The molecule has 1 aromatic heterocycles. The van der Waals surface area contributed by atoms with Crippen LogP contribution in [0.4, 0.5) is 5.69 Å². The molecule has 0 aliphatic carbocycles. The number of methoxy groups -OCH3 is 1. The van der Waals surface area contributed by atoms with E-state index >= 15 is 0 Å². The molecule has 1 amide bonds. The van der Waals surface area contributed by atoms with Crippen molar-refractivity contribution in [3.05, 3.63) is 71.0 Å². The molecule has 0 bridgehead atoms. The Morgan fingerprint density at radius 2 is 1.96 bits per heavy atom. The number of anilines is 1. The quantitative estimate of drug-likeness (QED) is 0.777. The van der Waals surface area contributed by atoms with Crippen molar-refractivity contribution < 1.29 is 9.53 Å². The second-order valence-corrected chi connectivity index (χ2v) is 5.68. The lowest BCUT2D eigenvalue weighted by Crippen LogP contribution is -2.14. The Morgan fingerprint density at radius 3 is 2.62 bits per heavy atom. The highest BCUT2D eigenvalue weighted by molar-refractivity contribution is 6.30. The fraction of sp³-hybridized carbons (Fsp3) is 0.111. The number of aryl methyl sites for hydroxylation is 1. The highest BCUT2D eigenvalue weighted by Crippen LogP contribution is 2.23. The van der Waals surface area contributed by atoms with Crippen molar-refractivity contribution in [1.29, 1.82) is 0 Å². The molecule has 1 heterocycles. The summed E-state index contributed by atoms with van der Waals surface area (Å²) in [6, 6.07) is 14.8. The van der Waals surface area contributed by atoms with Gasteiger partial charge in [0.2, 0.25) is 0 Å². The highest BCUT2D eigenvalue weighted by Gasteiger charge is 2.19. The van der Waals surface area contributed by atoms with Crippen molar-refractivity contribution in [3.8, 4) is 11.4 Å². The molecule has 3 aromatic rings. The lowest BCUT2D eigenvalue weighted by Gasteiger charge is -2.08. The zero-order valence-electron chi connectivity index (χ0n) is 13.3. The molecule has 0 fully saturated rings. The number of rotatable bonds is 4. The van der Waals surface area contributed by atoms with E-state index in [1.807, 2.05) is 37.3 Å². The van der Waals surface area contributed by atoms with E-state index < -0.39 is 0 Å². The average molecular weight is 342 g/mol. The number of ether oxygens (including phenoxy) is 1. The summed E-state index contributed by atoms with van der Waals surface area (Å²) < 4.78 is 6.90. The van der Waals surface area contributed by atoms with Crippen molar-refractivity contribution in [1.82, 2.24) is 9.78 Å². The van der Waals surface area contributed by atoms with Gasteiger partial charge in [0.25, 0.3) is 5.91 Å². The van der Waals surface area contributed by atoms with Crippen LogP contribution in [0.2, 0.25) is 5.02 Å². The largest absolute Gasteiger partial charge is 0.493 e. The third-order valence-electron chi connectivity index (χ3n) is 3.57. The van der Waals surface area contributed by atoms with E-state index in [9.17, 15) is 4.79 Å². The summed E-state index contributed by atoms with van der Waals surface area (Å²) in [6.07, 6.45) is 1.68. The van der Waals surface area contributed by atoms with Crippen LogP contribution in [0.15, 0.2) is 54.7 Å². The van der Waals surface area contributed by atoms with E-state index in [0.717, 1.165) is 11.3 Å². The van der Waals surface area contributed by atoms with E-state index in [1.54, 1.807) is 29.1 Å². The summed E-state index contributed by atoms with van der Waals surface area (Å²) in [5.74, 6) is 0.0647. The number of para-hydroxylation sites is 1. The van der Waals surface area contributed by atoms with Crippen LogP contribution >= 0.6 is 11.6 Å². The zero-order valence-corrected chi connectivity index (χ0v) is 14.0. The van der Waals surface area contributed by atoms with Gasteiger partial charge in [-0.1, -0.05) is 29.8 Å². The molecule has 0 aliphatic heterocycles. The molecule has 2 aromatic carbocycles. The maximum atomic E-state index is 12.6. The van der Waals surface area contributed by atoms with Gasteiger partial charge < -0.3 is 10.1 Å². The molecule has 24 heavy (non-hydrogen) atoms. The normalized spacial score (nSPS) is 10.5. The lowest BCUT2D eigenvalue weighted by molar-refractivity contribution is 0.101. The number of benzene rings is 2. The number of nitrogens with one attached hydrogen (secondary N) is 1. The fourth-order valence-electron chi connectivity index (χ4n) is 2.33. The zero-order chi connectivity index (χ0) is 17.1. The van der Waals surface area contributed by atoms with Crippen molar-refractivity contribution in [3.63, 3.8) is 0 Å². The molecule has 0 unspecified atom stereocenters. The summed E-state index contributed by atoms with van der Waals surface area (Å²) in [4.78, 5) is 12.6. The third kappa shape index (κ3) is 3.26. The number of carbonyl (C=O) groups excluding carboxylic acids is 1. The molecular formula is C18H16ClN3O2. The Bertz CT molecular complexity index is 875. The van der Waals surface area contributed by atoms with Crippen LogP contribution in [0.5, 0.6) is 5.75 Å². The van der Waals surface area contributed by atoms with Gasteiger partial charge in [-0.15, -0.1) is 0 Å². The molecule has 1 N–H and O–H groups in total. The predicted molar refractivity (Wildman–Crippen MR) is 94.3 cm³/mol. The predicted octanol–water partition coefficient (Wildman–Crippen LogP) is 4.10. The molecule has 6 heteroatoms. The van der Waals surface area contributed by atoms with E-state index in [1.165, 1.54) is 7.11 Å². The minimum Gasteiger partial charge on any atom is -0.493 e. The van der Waals surface area contributed by atoms with Gasteiger partial charge in [0, 0.05) is 10.7 Å². The van der Waals surface area contributed by atoms with Crippen molar-refractivity contribution >= 4 is 23.2 Å². The number of aromatic nitrogens is 2. The number of hydrogen-bond donors (Lipinski definition) is 1. The second-order valence-electron chi connectivity index (χ2n) is 5.24. The minimum atomic E-state index is -0.341. The summed E-state index contributed by atoms with van der Waals surface area (Å²) in [7, 11) is 1.51. The molecular weight excluding hydrogens is 326 g/mol. The van der Waals surface area contributed by atoms with Gasteiger partial charge in [-0.05, 0) is 42.8 Å². The first kappa shape index (κ1) is 16.1. The number of nitrogens with zero attached hydrogens (tertiary/aromatic N) is 2. The van der Waals surface area contributed by atoms with Crippen LogP contribution in [-0.2, 0) is 0 Å². The van der Waals surface area contributed by atoms with Gasteiger partial charge in [-0.25, -0.2) is 4.68 Å². The molecule has 0 radical (unpaired) electrons. The SMILES string of the molecule is COc1cn(-c2ccccc2)nc1C(=O)Nc1ccc(Cl)cc1C. The molecule has 0 spiro atoms. The molecule has 0 aliphatic rings. The monoisotopic (exact) mass is 341 g/mol. The Hall–Kier alpha value is -2.79. The Labute approximate surface area is 144 Å². The molecule has 3 rings (SSSR count). The van der Waals surface area contributed by atoms with Crippen LogP contribution in [0, 0.1) is 6.92 Å². The summed E-state index contributed by atoms with van der Waals surface area (Å²) in [5.41, 5.74) is 2.62. The first-order valence-corrected chi connectivity index (χ1v) is 7.73. The van der Waals surface area contributed by atoms with Gasteiger partial charge >= 0.3 is 0 Å². The number of halogens is 1. The Kier molecular flexibility index (Phi) is 4.53. The van der Waals surface area contributed by atoms with Crippen LogP contribution in [-0.4, -0.2) is 22.8 Å². The molecule has 0 saturated carbocycles. The smallest absolute Gasteiger partial charge is 0.280 e. The lowest BCUT2D eigenvalue weighted by atomic mass is 10.2. The van der Waals surface area contributed by atoms with Crippen molar-refractivity contribution in [2.45, 2.75) is 6.92 Å². The highest BCUT2D eigenvalue weighted by atomic mass is 35.5. The van der Waals surface area contributed by atoms with Crippen molar-refractivity contribution in [2.75, 3.05) is 12.4 Å². The maximum Gasteiger partial charge on any atom is 0.280 e. The summed E-state index contributed by atoms with van der Waals surface area (Å²) >= 11 is 5.94. The number of hydrogen-bond acceptors (Lipinski definition) is 3. The molecule has 122 valence electrons. The standard InChI is InChI=1S/C18H16ClN3O2/c1-12-10-13(19)8-9-15(12)20-18(23)17-16(24-2)11-22(21-17)14-6-4-3-5-7-14/h3-11H,1-2H3,(H,20,23). The third-order valence-corrected chi connectivity index (χ3v) is 3.81. The molecule has 0 saturated heterocycles. The first-order chi connectivity index (χ1) is 11.6. The molecule has 0 atom stereocenters. The Balaban J connectivity index is 1.90. The second kappa shape index (κ2) is 6.76. The summed E-state index contributed by atoms with van der Waals surface area (Å²) in [6.45, 7) is 1.88. The van der Waals surface area contributed by atoms with Gasteiger partial charge in [0.05, 0.1) is 19.0 Å². The summed E-state index contributed by atoms with van der Waals surface area (Å²) in [5, 5.41) is 7.81. The van der Waals surface area contributed by atoms with E-state index in [2.05, 4.69) is 10.4 Å². The first-order valence-electron chi connectivity index (χ1n) is 7.35. The minimum absolute atomic E-state index is 0.218. The average Bonchev–Trinajstić information content (AvgIpc) is 3.02. The van der Waals surface area contributed by atoms with Crippen LogP contribution in [0.3, 0.4) is 0 Å². The maximum absolute atomic E-state index is 12.6. The number of carbonyl (C=O) groups is 1. The van der Waals surface area contributed by atoms with E-state index in [4.69, 9.17) is 16.3 Å². The van der Waals surface area contributed by atoms with E-state index in [0.29, 0.717) is 16.5 Å². The number of amides is 1. The molecule has 5 nitrogen and oxygen atoms in total. The Morgan fingerprint density at radius 1 is 1.21 bits per heavy atom. The van der Waals surface area contributed by atoms with Crippen LogP contribution < -0.4 is 10.1 Å². The van der Waals surface area contributed by atoms with Gasteiger partial charge in [0.15, 0.2) is 11.4 Å². The van der Waals surface area contributed by atoms with Crippen molar-refractivity contribution in [2.24, 2.45) is 0 Å². The van der Waals surface area contributed by atoms with Gasteiger partial charge in [0.1, 0.15) is 0 Å².